The first-order chi connectivity index (χ1) is 18.5. The molecule has 2 saturated heterocycles. The molecule has 1 aromatic heterocycles. The second-order valence-electron chi connectivity index (χ2n) is 9.82. The maximum atomic E-state index is 13.5. The lowest BCUT2D eigenvalue weighted by atomic mass is 9.95. The number of aliphatic hydroxyl groups is 1. The highest BCUT2D eigenvalue weighted by molar-refractivity contribution is 6.51. The second-order valence-corrected chi connectivity index (χ2v) is 9.82. The van der Waals surface area contributed by atoms with Crippen LogP contribution in [-0.4, -0.2) is 59.9 Å². The minimum absolute atomic E-state index is 0.0569. The monoisotopic (exact) mass is 504 g/mol. The van der Waals surface area contributed by atoms with Crippen LogP contribution in [0.1, 0.15) is 17.2 Å². The number of carbonyl (C=O) groups excluding carboxylic acids is 2. The second kappa shape index (κ2) is 9.76. The average Bonchev–Trinajstić information content (AvgIpc) is 3.23. The van der Waals surface area contributed by atoms with Crippen molar-refractivity contribution in [3.05, 3.63) is 108 Å². The summed E-state index contributed by atoms with van der Waals surface area (Å²) in [5.74, 6) is -1.58. The molecule has 7 heteroatoms. The summed E-state index contributed by atoms with van der Waals surface area (Å²) in [6.07, 6.45) is 3.28. The normalized spacial score (nSPS) is 19.9. The Bertz CT molecular complexity index is 1540. The molecular formula is C31H28N4O3. The van der Waals surface area contributed by atoms with Gasteiger partial charge in [0.25, 0.3) is 11.7 Å². The number of anilines is 2. The number of aromatic nitrogens is 1. The van der Waals surface area contributed by atoms with Crippen molar-refractivity contribution >= 4 is 39.6 Å². The van der Waals surface area contributed by atoms with E-state index in [0.717, 1.165) is 42.6 Å². The summed E-state index contributed by atoms with van der Waals surface area (Å²) in [6, 6.07) is 23.8. The summed E-state index contributed by atoms with van der Waals surface area (Å²) in [5, 5.41) is 13.4. The molecule has 2 fully saturated rings. The number of aliphatic hydroxyl groups excluding tert-OH is 1. The summed E-state index contributed by atoms with van der Waals surface area (Å²) in [4.78, 5) is 37.2. The number of fused-ring (bicyclic) bond motifs is 1. The number of benzene rings is 3. The van der Waals surface area contributed by atoms with Crippen LogP contribution < -0.4 is 9.80 Å². The van der Waals surface area contributed by atoms with Crippen LogP contribution in [0.5, 0.6) is 0 Å². The maximum absolute atomic E-state index is 13.5. The van der Waals surface area contributed by atoms with Crippen molar-refractivity contribution in [1.29, 1.82) is 0 Å². The van der Waals surface area contributed by atoms with Gasteiger partial charge in [0.2, 0.25) is 0 Å². The van der Waals surface area contributed by atoms with Crippen molar-refractivity contribution < 1.29 is 14.7 Å². The van der Waals surface area contributed by atoms with Crippen molar-refractivity contribution in [2.75, 3.05) is 43.0 Å². The zero-order valence-electron chi connectivity index (χ0n) is 21.1. The Balaban J connectivity index is 1.43. The number of ketones is 1. The van der Waals surface area contributed by atoms with E-state index in [-0.39, 0.29) is 11.3 Å². The molecule has 0 aliphatic carbocycles. The Kier molecular flexibility index (Phi) is 6.13. The molecule has 3 aromatic carbocycles. The fourth-order valence-electron chi connectivity index (χ4n) is 5.33. The van der Waals surface area contributed by atoms with E-state index in [1.165, 1.54) is 4.90 Å². The minimum Gasteiger partial charge on any atom is -0.507 e. The van der Waals surface area contributed by atoms with Gasteiger partial charge in [-0.1, -0.05) is 42.5 Å². The van der Waals surface area contributed by atoms with E-state index in [1.807, 2.05) is 66.7 Å². The number of hydrogen-bond donors (Lipinski definition) is 1. The van der Waals surface area contributed by atoms with Gasteiger partial charge >= 0.3 is 0 Å². The maximum Gasteiger partial charge on any atom is 0.300 e. The van der Waals surface area contributed by atoms with Crippen molar-refractivity contribution in [2.24, 2.45) is 0 Å². The van der Waals surface area contributed by atoms with Crippen molar-refractivity contribution in [1.82, 2.24) is 9.88 Å². The predicted molar refractivity (Wildman–Crippen MR) is 149 cm³/mol. The Morgan fingerprint density at radius 3 is 2.26 bits per heavy atom. The lowest BCUT2D eigenvalue weighted by Crippen LogP contribution is -2.44. The molecule has 7 nitrogen and oxygen atoms in total. The van der Waals surface area contributed by atoms with Crippen LogP contribution >= 0.6 is 0 Å². The predicted octanol–water partition coefficient (Wildman–Crippen LogP) is 4.61. The molecule has 3 heterocycles. The fraction of sp³-hybridized carbons (Fsp3) is 0.194. The zero-order valence-corrected chi connectivity index (χ0v) is 21.1. The van der Waals surface area contributed by atoms with Gasteiger partial charge in [-0.05, 0) is 59.8 Å². The highest BCUT2D eigenvalue weighted by Crippen LogP contribution is 2.42. The average molecular weight is 505 g/mol. The first-order valence-electron chi connectivity index (χ1n) is 12.7. The van der Waals surface area contributed by atoms with Crippen LogP contribution in [0, 0.1) is 0 Å². The first kappa shape index (κ1) is 23.9. The van der Waals surface area contributed by atoms with E-state index in [9.17, 15) is 14.7 Å². The SMILES string of the molecule is CN1CCN(c2ccc(N3C(=O)C(=O)/C(=C(\O)c4ccc5ccccc5c4)C3c3cccnc3)cc2)CC1. The highest BCUT2D eigenvalue weighted by atomic mass is 16.3. The van der Waals surface area contributed by atoms with Gasteiger partial charge in [-0.3, -0.25) is 19.5 Å². The van der Waals surface area contributed by atoms with Gasteiger partial charge < -0.3 is 14.9 Å². The lowest BCUT2D eigenvalue weighted by molar-refractivity contribution is -0.132. The number of rotatable bonds is 4. The van der Waals surface area contributed by atoms with Gasteiger partial charge in [0.15, 0.2) is 0 Å². The standard InChI is InChI=1S/C31H28N4O3/c1-33-15-17-34(18-16-33)25-10-12-26(13-11-25)35-28(24-7-4-14-32-20-24)27(30(37)31(35)38)29(36)23-9-8-21-5-2-3-6-22(21)19-23/h2-14,19-20,28,36H,15-18H2,1H3/b29-27-. The lowest BCUT2D eigenvalue weighted by Gasteiger charge is -2.34. The molecule has 0 radical (unpaired) electrons. The Morgan fingerprint density at radius 2 is 1.55 bits per heavy atom. The Morgan fingerprint density at radius 1 is 0.842 bits per heavy atom. The molecular weight excluding hydrogens is 476 g/mol. The summed E-state index contributed by atoms with van der Waals surface area (Å²) < 4.78 is 0. The van der Waals surface area contributed by atoms with Gasteiger partial charge in [-0.25, -0.2) is 0 Å². The van der Waals surface area contributed by atoms with Crippen molar-refractivity contribution in [3.8, 4) is 0 Å². The van der Waals surface area contributed by atoms with Gasteiger partial charge in [0, 0.05) is 55.5 Å². The molecule has 38 heavy (non-hydrogen) atoms. The molecule has 0 saturated carbocycles. The third-order valence-electron chi connectivity index (χ3n) is 7.46. The van der Waals surface area contributed by atoms with Crippen LogP contribution in [-0.2, 0) is 9.59 Å². The number of pyridine rings is 1. The van der Waals surface area contributed by atoms with Crippen molar-refractivity contribution in [3.63, 3.8) is 0 Å². The topological polar surface area (TPSA) is 77.0 Å². The summed E-state index contributed by atoms with van der Waals surface area (Å²) in [5.41, 5.74) is 2.86. The molecule has 1 amide bonds. The fourth-order valence-corrected chi connectivity index (χ4v) is 5.33. The van der Waals surface area contributed by atoms with Crippen LogP contribution in [0.3, 0.4) is 0 Å². The quantitative estimate of drug-likeness (QED) is 0.248. The molecule has 2 aliphatic heterocycles. The van der Waals surface area contributed by atoms with Crippen LogP contribution in [0.4, 0.5) is 11.4 Å². The van der Waals surface area contributed by atoms with Gasteiger partial charge in [0.05, 0.1) is 11.6 Å². The molecule has 0 bridgehead atoms. The van der Waals surface area contributed by atoms with Crippen molar-refractivity contribution in [2.45, 2.75) is 6.04 Å². The van der Waals surface area contributed by atoms with E-state index in [4.69, 9.17) is 0 Å². The number of carbonyl (C=O) groups is 2. The molecule has 6 rings (SSSR count). The largest absolute Gasteiger partial charge is 0.507 e. The third-order valence-corrected chi connectivity index (χ3v) is 7.46. The molecule has 1 atom stereocenters. The molecule has 0 spiro atoms. The zero-order chi connectivity index (χ0) is 26.2. The third kappa shape index (κ3) is 4.21. The number of Topliss-reactive ketones (excluding diaryl/α,β-unsaturated/α-hetero) is 1. The molecule has 1 unspecified atom stereocenters. The van der Waals surface area contributed by atoms with Gasteiger partial charge in [0.1, 0.15) is 5.76 Å². The van der Waals surface area contributed by atoms with Gasteiger partial charge in [-0.2, -0.15) is 0 Å². The highest BCUT2D eigenvalue weighted by Gasteiger charge is 2.47. The summed E-state index contributed by atoms with van der Waals surface area (Å²) in [7, 11) is 2.12. The van der Waals surface area contributed by atoms with Crippen LogP contribution in [0.2, 0.25) is 0 Å². The summed E-state index contributed by atoms with van der Waals surface area (Å²) >= 11 is 0. The Hall–Kier alpha value is -4.49. The molecule has 4 aromatic rings. The van der Waals surface area contributed by atoms with Crippen LogP contribution in [0.15, 0.2) is 96.8 Å². The number of amides is 1. The summed E-state index contributed by atoms with van der Waals surface area (Å²) in [6.45, 7) is 3.85. The number of nitrogens with zero attached hydrogens (tertiary/aromatic N) is 4. The first-order valence-corrected chi connectivity index (χ1v) is 12.7. The number of piperazine rings is 1. The molecule has 190 valence electrons. The van der Waals surface area contributed by atoms with Crippen LogP contribution in [0.25, 0.3) is 16.5 Å². The van der Waals surface area contributed by atoms with E-state index in [1.54, 1.807) is 24.5 Å². The van der Waals surface area contributed by atoms with E-state index >= 15 is 0 Å². The number of hydrogen-bond acceptors (Lipinski definition) is 6. The van der Waals surface area contributed by atoms with E-state index in [2.05, 4.69) is 21.8 Å². The minimum atomic E-state index is -0.801. The van der Waals surface area contributed by atoms with Gasteiger partial charge in [-0.15, -0.1) is 0 Å². The molecule has 1 N–H and O–H groups in total. The smallest absolute Gasteiger partial charge is 0.300 e. The van der Waals surface area contributed by atoms with E-state index in [0.29, 0.717) is 16.8 Å². The molecule has 2 aliphatic rings. The van der Waals surface area contributed by atoms with E-state index < -0.39 is 17.7 Å². The Labute approximate surface area is 221 Å². The number of likely N-dealkylation sites (N-methyl/N-ethyl adjacent to an activating group) is 1.